The van der Waals surface area contributed by atoms with Gasteiger partial charge < -0.3 is 15.2 Å². The van der Waals surface area contributed by atoms with Crippen molar-refractivity contribution in [3.8, 4) is 0 Å². The van der Waals surface area contributed by atoms with E-state index in [-0.39, 0.29) is 6.61 Å². The Morgan fingerprint density at radius 2 is 2.04 bits per heavy atom. The van der Waals surface area contributed by atoms with Crippen LogP contribution in [0, 0.1) is 0 Å². The quantitative estimate of drug-likeness (QED) is 0.713. The van der Waals surface area contributed by atoms with Gasteiger partial charge in [-0.2, -0.15) is 5.10 Å². The van der Waals surface area contributed by atoms with Crippen molar-refractivity contribution in [2.24, 2.45) is 7.05 Å². The molecule has 3 rings (SSSR count). The molecule has 2 atom stereocenters. The van der Waals surface area contributed by atoms with Gasteiger partial charge in [0.1, 0.15) is 6.61 Å². The molecular formula is C20H23N3O3. The predicted molar refractivity (Wildman–Crippen MR) is 99.5 cm³/mol. The maximum atomic E-state index is 12.1. The smallest absolute Gasteiger partial charge is 0.407 e. The number of hydrogen-bond acceptors (Lipinski definition) is 4. The number of fused-ring (bicyclic) bond motifs is 1. The van der Waals surface area contributed by atoms with Crippen LogP contribution in [0.2, 0.25) is 0 Å². The van der Waals surface area contributed by atoms with Crippen LogP contribution < -0.4 is 5.32 Å². The summed E-state index contributed by atoms with van der Waals surface area (Å²) in [4.78, 5) is 12.1. The maximum absolute atomic E-state index is 12.1. The summed E-state index contributed by atoms with van der Waals surface area (Å²) in [5, 5.41) is 18.7. The Balaban J connectivity index is 1.64. The van der Waals surface area contributed by atoms with E-state index in [9.17, 15) is 9.90 Å². The number of aryl methyl sites for hydroxylation is 1. The van der Waals surface area contributed by atoms with E-state index >= 15 is 0 Å². The fourth-order valence-corrected chi connectivity index (χ4v) is 2.90. The molecule has 2 unspecified atom stereocenters. The second-order valence-electron chi connectivity index (χ2n) is 6.25. The highest BCUT2D eigenvalue weighted by atomic mass is 16.5. The lowest BCUT2D eigenvalue weighted by molar-refractivity contribution is 0.100. The van der Waals surface area contributed by atoms with E-state index in [4.69, 9.17) is 4.74 Å². The van der Waals surface area contributed by atoms with Gasteiger partial charge in [0.15, 0.2) is 0 Å². The van der Waals surface area contributed by atoms with Crippen LogP contribution >= 0.6 is 0 Å². The van der Waals surface area contributed by atoms with Crippen molar-refractivity contribution < 1.29 is 14.6 Å². The molecule has 2 N–H and O–H groups in total. The fraction of sp³-hybridized carbons (Fsp3) is 0.300. The molecule has 3 aromatic rings. The second kappa shape index (κ2) is 8.01. The van der Waals surface area contributed by atoms with Gasteiger partial charge >= 0.3 is 6.09 Å². The van der Waals surface area contributed by atoms with E-state index in [1.54, 1.807) is 10.9 Å². The van der Waals surface area contributed by atoms with E-state index in [1.165, 1.54) is 0 Å². The lowest BCUT2D eigenvalue weighted by Gasteiger charge is -2.23. The second-order valence-corrected chi connectivity index (χ2v) is 6.25. The minimum Gasteiger partial charge on any atom is -0.445 e. The molecule has 0 fully saturated rings. The molecule has 6 nitrogen and oxygen atoms in total. The number of nitrogens with one attached hydrogen (secondary N) is 1. The van der Waals surface area contributed by atoms with Gasteiger partial charge in [0.05, 0.1) is 23.9 Å². The molecule has 0 aliphatic carbocycles. The van der Waals surface area contributed by atoms with Crippen molar-refractivity contribution in [3.05, 3.63) is 65.9 Å². The number of aliphatic hydroxyl groups excluding tert-OH is 1. The highest BCUT2D eigenvalue weighted by molar-refractivity contribution is 5.79. The zero-order valence-electron chi connectivity index (χ0n) is 14.9. The topological polar surface area (TPSA) is 76.4 Å². The molecule has 2 aromatic carbocycles. The van der Waals surface area contributed by atoms with E-state index in [1.807, 2.05) is 62.5 Å². The van der Waals surface area contributed by atoms with E-state index in [2.05, 4.69) is 10.4 Å². The molecule has 0 spiro atoms. The molecule has 136 valence electrons. The van der Waals surface area contributed by atoms with E-state index in [0.717, 1.165) is 22.0 Å². The Morgan fingerprint density at radius 3 is 2.77 bits per heavy atom. The zero-order chi connectivity index (χ0) is 18.5. The molecular weight excluding hydrogens is 330 g/mol. The van der Waals surface area contributed by atoms with Crippen LogP contribution in [-0.2, 0) is 18.4 Å². The van der Waals surface area contributed by atoms with Gasteiger partial charge in [-0.25, -0.2) is 4.79 Å². The van der Waals surface area contributed by atoms with Crippen molar-refractivity contribution >= 4 is 17.0 Å². The van der Waals surface area contributed by atoms with E-state index < -0.39 is 18.2 Å². The number of rotatable bonds is 6. The summed E-state index contributed by atoms with van der Waals surface area (Å²) >= 11 is 0. The Hall–Kier alpha value is -2.86. The van der Waals surface area contributed by atoms with Gasteiger partial charge in [0, 0.05) is 12.4 Å². The first-order valence-corrected chi connectivity index (χ1v) is 8.65. The SMILES string of the molecule is CCC(NC(=O)OCc1ccccc1)C(O)c1ccc2cnn(C)c2c1. The highest BCUT2D eigenvalue weighted by Crippen LogP contribution is 2.23. The number of benzene rings is 2. The molecule has 0 radical (unpaired) electrons. The average molecular weight is 353 g/mol. The Morgan fingerprint density at radius 1 is 1.27 bits per heavy atom. The number of carbonyl (C=O) groups excluding carboxylic acids is 1. The van der Waals surface area contributed by atoms with Gasteiger partial charge in [0.25, 0.3) is 0 Å². The number of amides is 1. The van der Waals surface area contributed by atoms with Crippen molar-refractivity contribution in [2.75, 3.05) is 0 Å². The molecule has 26 heavy (non-hydrogen) atoms. The van der Waals surface area contributed by atoms with Crippen molar-refractivity contribution in [1.29, 1.82) is 0 Å². The number of carbonyl (C=O) groups is 1. The zero-order valence-corrected chi connectivity index (χ0v) is 14.9. The highest BCUT2D eigenvalue weighted by Gasteiger charge is 2.22. The van der Waals surface area contributed by atoms with Crippen molar-refractivity contribution in [3.63, 3.8) is 0 Å². The summed E-state index contributed by atoms with van der Waals surface area (Å²) in [6.07, 6.45) is 0.984. The van der Waals surface area contributed by atoms with Crippen LogP contribution in [0.4, 0.5) is 4.79 Å². The number of hydrogen-bond donors (Lipinski definition) is 2. The summed E-state index contributed by atoms with van der Waals surface area (Å²) in [6.45, 7) is 2.11. The fourth-order valence-electron chi connectivity index (χ4n) is 2.90. The third-order valence-electron chi connectivity index (χ3n) is 4.45. The molecule has 1 heterocycles. The minimum absolute atomic E-state index is 0.195. The maximum Gasteiger partial charge on any atom is 0.407 e. The van der Waals surface area contributed by atoms with Gasteiger partial charge in [-0.15, -0.1) is 0 Å². The molecule has 6 heteroatoms. The third-order valence-corrected chi connectivity index (χ3v) is 4.45. The number of ether oxygens (including phenoxy) is 1. The van der Waals surface area contributed by atoms with Crippen LogP contribution in [0.25, 0.3) is 10.9 Å². The molecule has 0 saturated heterocycles. The first-order chi connectivity index (χ1) is 12.6. The normalized spacial score (nSPS) is 13.3. The number of aromatic nitrogens is 2. The summed E-state index contributed by atoms with van der Waals surface area (Å²) in [6, 6.07) is 14.7. The molecule has 0 saturated carbocycles. The number of aliphatic hydroxyl groups is 1. The first kappa shape index (κ1) is 17.9. The summed E-state index contributed by atoms with van der Waals surface area (Å²) in [5.74, 6) is 0. The standard InChI is InChI=1S/C20H23N3O3/c1-3-17(22-20(25)26-13-14-7-5-4-6-8-14)19(24)15-9-10-16-12-21-23(2)18(16)11-15/h4-12,17,19,24H,3,13H2,1-2H3,(H,22,25). The van der Waals surface area contributed by atoms with Crippen LogP contribution in [0.5, 0.6) is 0 Å². The number of alkyl carbamates (subject to hydrolysis) is 1. The molecule has 1 amide bonds. The predicted octanol–water partition coefficient (Wildman–Crippen LogP) is 3.31. The molecule has 1 aromatic heterocycles. The van der Waals surface area contributed by atoms with Gasteiger partial charge in [-0.3, -0.25) is 4.68 Å². The van der Waals surface area contributed by atoms with Gasteiger partial charge in [0.2, 0.25) is 0 Å². The first-order valence-electron chi connectivity index (χ1n) is 8.65. The summed E-state index contributed by atoms with van der Waals surface area (Å²) in [7, 11) is 1.86. The molecule has 0 aliphatic rings. The van der Waals surface area contributed by atoms with Gasteiger partial charge in [-0.1, -0.05) is 49.4 Å². The van der Waals surface area contributed by atoms with E-state index in [0.29, 0.717) is 6.42 Å². The van der Waals surface area contributed by atoms with Gasteiger partial charge in [-0.05, 0) is 23.6 Å². The van der Waals surface area contributed by atoms with Crippen LogP contribution in [0.3, 0.4) is 0 Å². The lowest BCUT2D eigenvalue weighted by Crippen LogP contribution is -2.39. The Kier molecular flexibility index (Phi) is 5.53. The van der Waals surface area contributed by atoms with Crippen LogP contribution in [0.1, 0.15) is 30.6 Å². The molecule has 0 bridgehead atoms. The van der Waals surface area contributed by atoms with Crippen molar-refractivity contribution in [1.82, 2.24) is 15.1 Å². The van der Waals surface area contributed by atoms with Crippen LogP contribution in [-0.4, -0.2) is 27.0 Å². The Labute approximate surface area is 152 Å². The Bertz CT molecular complexity index is 876. The molecule has 0 aliphatic heterocycles. The average Bonchev–Trinajstić information content (AvgIpc) is 3.05. The minimum atomic E-state index is -0.830. The largest absolute Gasteiger partial charge is 0.445 e. The summed E-state index contributed by atoms with van der Waals surface area (Å²) in [5.41, 5.74) is 2.58. The van der Waals surface area contributed by atoms with Crippen molar-refractivity contribution in [2.45, 2.75) is 32.1 Å². The summed E-state index contributed by atoms with van der Waals surface area (Å²) < 4.78 is 7.01. The third kappa shape index (κ3) is 4.03. The monoisotopic (exact) mass is 353 g/mol. The van der Waals surface area contributed by atoms with Crippen LogP contribution in [0.15, 0.2) is 54.7 Å². The number of nitrogens with zero attached hydrogens (tertiary/aromatic N) is 2. The lowest BCUT2D eigenvalue weighted by atomic mass is 9.99.